The van der Waals surface area contributed by atoms with Gasteiger partial charge in [0.1, 0.15) is 0 Å². The van der Waals surface area contributed by atoms with Gasteiger partial charge in [0.15, 0.2) is 0 Å². The van der Waals surface area contributed by atoms with Crippen molar-refractivity contribution in [3.8, 4) is 0 Å². The molecule has 2 atom stereocenters. The van der Waals surface area contributed by atoms with E-state index >= 15 is 0 Å². The number of hydrogen-bond acceptors (Lipinski definition) is 2. The Bertz CT molecular complexity index is 349. The van der Waals surface area contributed by atoms with Crippen molar-refractivity contribution in [2.24, 2.45) is 5.73 Å². The third-order valence-corrected chi connectivity index (χ3v) is 2.62. The van der Waals surface area contributed by atoms with Crippen molar-refractivity contribution in [1.29, 1.82) is 0 Å². The minimum atomic E-state index is -0.459. The quantitative estimate of drug-likeness (QED) is 0.869. The summed E-state index contributed by atoms with van der Waals surface area (Å²) in [5, 5.41) is 2.94. The topological polar surface area (TPSA) is 55.1 Å². The molecule has 0 spiro atoms. The fraction of sp³-hybridized carbons (Fsp3) is 0.462. The summed E-state index contributed by atoms with van der Waals surface area (Å²) in [7, 11) is 0. The summed E-state index contributed by atoms with van der Waals surface area (Å²) in [4.78, 5) is 11.5. The fourth-order valence-electron chi connectivity index (χ4n) is 1.52. The Morgan fingerprint density at radius 3 is 2.29 bits per heavy atom. The Kier molecular flexibility index (Phi) is 6.85. The Labute approximate surface area is 109 Å². The van der Waals surface area contributed by atoms with Gasteiger partial charge in [0.25, 0.3) is 0 Å². The monoisotopic (exact) mass is 256 g/mol. The van der Waals surface area contributed by atoms with Crippen LogP contribution >= 0.6 is 12.4 Å². The van der Waals surface area contributed by atoms with Gasteiger partial charge in [-0.15, -0.1) is 12.4 Å². The van der Waals surface area contributed by atoms with Gasteiger partial charge < -0.3 is 11.1 Å². The highest BCUT2D eigenvalue weighted by atomic mass is 35.5. The maximum atomic E-state index is 11.5. The van der Waals surface area contributed by atoms with E-state index in [9.17, 15) is 4.79 Å². The molecule has 0 aliphatic rings. The zero-order valence-corrected chi connectivity index (χ0v) is 11.4. The molecule has 0 saturated heterocycles. The zero-order valence-electron chi connectivity index (χ0n) is 10.6. The lowest BCUT2D eigenvalue weighted by Crippen LogP contribution is -2.40. The van der Waals surface area contributed by atoms with Gasteiger partial charge in [-0.25, -0.2) is 0 Å². The second-order valence-electron chi connectivity index (χ2n) is 4.17. The minimum Gasteiger partial charge on any atom is -0.348 e. The summed E-state index contributed by atoms with van der Waals surface area (Å²) in [5.41, 5.74) is 7.88. The molecule has 4 heteroatoms. The van der Waals surface area contributed by atoms with Crippen molar-refractivity contribution in [1.82, 2.24) is 5.32 Å². The van der Waals surface area contributed by atoms with Crippen molar-refractivity contribution >= 4 is 18.3 Å². The summed E-state index contributed by atoms with van der Waals surface area (Å²) < 4.78 is 0. The molecule has 3 nitrogen and oxygen atoms in total. The van der Waals surface area contributed by atoms with Gasteiger partial charge in [0.2, 0.25) is 5.91 Å². The molecule has 3 N–H and O–H groups in total. The minimum absolute atomic E-state index is 0. The number of aryl methyl sites for hydroxylation is 1. The molecule has 0 heterocycles. The normalized spacial score (nSPS) is 13.4. The average molecular weight is 257 g/mol. The van der Waals surface area contributed by atoms with Gasteiger partial charge in [-0.3, -0.25) is 4.79 Å². The highest BCUT2D eigenvalue weighted by molar-refractivity contribution is 5.85. The molecule has 17 heavy (non-hydrogen) atoms. The molecule has 96 valence electrons. The van der Waals surface area contributed by atoms with Crippen LogP contribution in [-0.4, -0.2) is 11.9 Å². The van der Waals surface area contributed by atoms with Crippen LogP contribution in [0.5, 0.6) is 0 Å². The lowest BCUT2D eigenvalue weighted by molar-refractivity contribution is -0.122. The SMILES string of the molecule is CCC(NC(=O)[C@@H](C)N)c1ccc(C)cc1.Cl. The molecule has 1 aromatic carbocycles. The number of carbonyl (C=O) groups excluding carboxylic acids is 1. The van der Waals surface area contributed by atoms with Crippen LogP contribution in [0.2, 0.25) is 0 Å². The maximum absolute atomic E-state index is 11.5. The van der Waals surface area contributed by atoms with E-state index in [0.29, 0.717) is 0 Å². The van der Waals surface area contributed by atoms with Crippen LogP contribution in [0, 0.1) is 6.92 Å². The van der Waals surface area contributed by atoms with E-state index in [1.165, 1.54) is 5.56 Å². The smallest absolute Gasteiger partial charge is 0.237 e. The maximum Gasteiger partial charge on any atom is 0.237 e. The summed E-state index contributed by atoms with van der Waals surface area (Å²) >= 11 is 0. The largest absolute Gasteiger partial charge is 0.348 e. The molecule has 1 unspecified atom stereocenters. The van der Waals surface area contributed by atoms with E-state index in [-0.39, 0.29) is 24.4 Å². The van der Waals surface area contributed by atoms with Gasteiger partial charge in [0.05, 0.1) is 12.1 Å². The van der Waals surface area contributed by atoms with Gasteiger partial charge in [-0.05, 0) is 25.8 Å². The molecule has 0 bridgehead atoms. The lowest BCUT2D eigenvalue weighted by atomic mass is 10.0. The lowest BCUT2D eigenvalue weighted by Gasteiger charge is -2.19. The number of halogens is 1. The highest BCUT2D eigenvalue weighted by Crippen LogP contribution is 2.16. The number of amides is 1. The molecule has 0 aliphatic carbocycles. The van der Waals surface area contributed by atoms with Crippen molar-refractivity contribution in [2.45, 2.75) is 39.3 Å². The predicted octanol–water partition coefficient (Wildman–Crippen LogP) is 2.33. The third-order valence-electron chi connectivity index (χ3n) is 2.62. The van der Waals surface area contributed by atoms with Crippen LogP contribution in [-0.2, 0) is 4.79 Å². The van der Waals surface area contributed by atoms with Crippen LogP contribution in [0.25, 0.3) is 0 Å². The van der Waals surface area contributed by atoms with Crippen LogP contribution in [0.3, 0.4) is 0 Å². The predicted molar refractivity (Wildman–Crippen MR) is 73.3 cm³/mol. The summed E-state index contributed by atoms with van der Waals surface area (Å²) in [5.74, 6) is -0.104. The van der Waals surface area contributed by atoms with Crippen LogP contribution in [0.15, 0.2) is 24.3 Å². The Morgan fingerprint density at radius 1 is 1.35 bits per heavy atom. The van der Waals surface area contributed by atoms with Crippen molar-refractivity contribution in [2.75, 3.05) is 0 Å². The van der Waals surface area contributed by atoms with Gasteiger partial charge >= 0.3 is 0 Å². The zero-order chi connectivity index (χ0) is 12.1. The second-order valence-corrected chi connectivity index (χ2v) is 4.17. The van der Waals surface area contributed by atoms with E-state index in [2.05, 4.69) is 17.4 Å². The number of rotatable bonds is 4. The molecular weight excluding hydrogens is 236 g/mol. The van der Waals surface area contributed by atoms with E-state index in [1.54, 1.807) is 6.92 Å². The van der Waals surface area contributed by atoms with Crippen LogP contribution in [0.4, 0.5) is 0 Å². The molecule has 1 aromatic rings. The van der Waals surface area contributed by atoms with Crippen molar-refractivity contribution < 1.29 is 4.79 Å². The van der Waals surface area contributed by atoms with E-state index in [0.717, 1.165) is 12.0 Å². The Balaban J connectivity index is 0.00000256. The average Bonchev–Trinajstić information content (AvgIpc) is 2.26. The van der Waals surface area contributed by atoms with Crippen molar-refractivity contribution in [3.63, 3.8) is 0 Å². The number of nitrogens with one attached hydrogen (secondary N) is 1. The van der Waals surface area contributed by atoms with E-state index < -0.39 is 6.04 Å². The first-order valence-electron chi connectivity index (χ1n) is 5.67. The second kappa shape index (κ2) is 7.30. The first kappa shape index (κ1) is 15.9. The summed E-state index contributed by atoms with van der Waals surface area (Å²) in [6, 6.07) is 7.79. The molecule has 1 amide bonds. The molecule has 0 radical (unpaired) electrons. The molecule has 1 rings (SSSR count). The molecule has 0 fully saturated rings. The van der Waals surface area contributed by atoms with Gasteiger partial charge in [0, 0.05) is 0 Å². The molecule has 0 saturated carbocycles. The summed E-state index contributed by atoms with van der Waals surface area (Å²) in [6.07, 6.45) is 0.863. The highest BCUT2D eigenvalue weighted by Gasteiger charge is 2.14. The first-order valence-corrected chi connectivity index (χ1v) is 5.67. The summed E-state index contributed by atoms with van der Waals surface area (Å²) in [6.45, 7) is 5.79. The van der Waals surface area contributed by atoms with Gasteiger partial charge in [-0.1, -0.05) is 36.8 Å². The fourth-order valence-corrected chi connectivity index (χ4v) is 1.52. The number of nitrogens with two attached hydrogens (primary N) is 1. The number of hydrogen-bond donors (Lipinski definition) is 2. The number of carbonyl (C=O) groups is 1. The molecule has 0 aliphatic heterocycles. The Morgan fingerprint density at radius 2 is 1.88 bits per heavy atom. The first-order chi connectivity index (χ1) is 7.54. The van der Waals surface area contributed by atoms with Crippen molar-refractivity contribution in [3.05, 3.63) is 35.4 Å². The van der Waals surface area contributed by atoms with E-state index in [4.69, 9.17) is 5.73 Å². The Hall–Kier alpha value is -1.06. The standard InChI is InChI=1S/C13H20N2O.ClH/c1-4-12(15-13(16)10(3)14)11-7-5-9(2)6-8-11;/h5-8,10,12H,4,14H2,1-3H3,(H,15,16);1H/t10-,12?;/m1./s1. The van der Waals surface area contributed by atoms with Gasteiger partial charge in [-0.2, -0.15) is 0 Å². The number of benzene rings is 1. The van der Waals surface area contributed by atoms with Crippen LogP contribution < -0.4 is 11.1 Å². The van der Waals surface area contributed by atoms with Crippen LogP contribution in [0.1, 0.15) is 37.4 Å². The third kappa shape index (κ3) is 4.75. The molecular formula is C13H21ClN2O. The van der Waals surface area contributed by atoms with E-state index in [1.807, 2.05) is 26.0 Å². The molecule has 0 aromatic heterocycles.